The molecule has 0 atom stereocenters. The summed E-state index contributed by atoms with van der Waals surface area (Å²) in [5, 5.41) is 7.51. The second-order valence-electron chi connectivity index (χ2n) is 2.60. The number of halogens is 4. The Morgan fingerprint density at radius 1 is 1.07 bits per heavy atom. The van der Waals surface area contributed by atoms with Gasteiger partial charge in [0.2, 0.25) is 0 Å². The molecule has 0 N–H and O–H groups in total. The fourth-order valence-corrected chi connectivity index (χ4v) is 2.61. The fourth-order valence-electron chi connectivity index (χ4n) is 1.05. The van der Waals surface area contributed by atoms with E-state index in [0.717, 1.165) is 11.3 Å². The highest BCUT2D eigenvalue weighted by molar-refractivity contribution is 9.11. The van der Waals surface area contributed by atoms with Gasteiger partial charge < -0.3 is 0 Å². The summed E-state index contributed by atoms with van der Waals surface area (Å²) in [5.74, 6) is -1.32. The summed E-state index contributed by atoms with van der Waals surface area (Å²) in [4.78, 5) is 0. The monoisotopic (exact) mass is 354 g/mol. The van der Waals surface area contributed by atoms with Crippen LogP contribution in [-0.2, 0) is 0 Å². The molecule has 0 aliphatic rings. The molecular weight excluding hydrogens is 354 g/mol. The van der Waals surface area contributed by atoms with Crippen LogP contribution >= 0.6 is 43.2 Å². The highest BCUT2D eigenvalue weighted by atomic mass is 79.9. The van der Waals surface area contributed by atoms with E-state index < -0.39 is 11.6 Å². The summed E-state index contributed by atoms with van der Waals surface area (Å²) >= 11 is 7.16. The minimum Gasteiger partial charge on any atom is -0.206 e. The highest BCUT2D eigenvalue weighted by Crippen LogP contribution is 2.32. The second-order valence-corrected chi connectivity index (χ2v) is 5.77. The zero-order chi connectivity index (χ0) is 11.0. The normalized spacial score (nSPS) is 10.7. The van der Waals surface area contributed by atoms with Crippen LogP contribution in [0.1, 0.15) is 0 Å². The first-order valence-electron chi connectivity index (χ1n) is 3.72. The van der Waals surface area contributed by atoms with Gasteiger partial charge in [0.15, 0.2) is 8.92 Å². The number of aromatic nitrogens is 2. The van der Waals surface area contributed by atoms with E-state index in [2.05, 4.69) is 42.1 Å². The maximum atomic E-state index is 13.5. The van der Waals surface area contributed by atoms with E-state index in [0.29, 0.717) is 8.39 Å². The van der Waals surface area contributed by atoms with Gasteiger partial charge in [0.25, 0.3) is 0 Å². The molecule has 2 rings (SSSR count). The lowest BCUT2D eigenvalue weighted by Gasteiger charge is -2.00. The van der Waals surface area contributed by atoms with Gasteiger partial charge in [-0.1, -0.05) is 27.3 Å². The molecule has 0 amide bonds. The number of benzene rings is 1. The summed E-state index contributed by atoms with van der Waals surface area (Å²) < 4.78 is 27.8. The fraction of sp³-hybridized carbons (Fsp3) is 0. The van der Waals surface area contributed by atoms with E-state index >= 15 is 0 Å². The van der Waals surface area contributed by atoms with Crippen molar-refractivity contribution in [3.63, 3.8) is 0 Å². The summed E-state index contributed by atoms with van der Waals surface area (Å²) in [6.45, 7) is 0. The maximum absolute atomic E-state index is 13.5. The van der Waals surface area contributed by atoms with Gasteiger partial charge in [-0.2, -0.15) is 0 Å². The van der Waals surface area contributed by atoms with Crippen LogP contribution < -0.4 is 0 Å². The van der Waals surface area contributed by atoms with E-state index in [4.69, 9.17) is 0 Å². The number of hydrogen-bond acceptors (Lipinski definition) is 3. The van der Waals surface area contributed by atoms with Gasteiger partial charge in [-0.3, -0.25) is 0 Å². The summed E-state index contributed by atoms with van der Waals surface area (Å²) in [6.07, 6.45) is 0. The van der Waals surface area contributed by atoms with Gasteiger partial charge >= 0.3 is 0 Å². The molecule has 0 spiro atoms. The Balaban J connectivity index is 2.62. The van der Waals surface area contributed by atoms with Crippen LogP contribution in [0.15, 0.2) is 20.5 Å². The maximum Gasteiger partial charge on any atom is 0.183 e. The Bertz CT molecular complexity index is 492. The van der Waals surface area contributed by atoms with Crippen molar-refractivity contribution >= 4 is 43.2 Å². The van der Waals surface area contributed by atoms with E-state index in [1.165, 1.54) is 12.1 Å². The van der Waals surface area contributed by atoms with E-state index in [-0.39, 0.29) is 10.6 Å². The molecule has 1 aromatic heterocycles. The molecule has 0 aliphatic carbocycles. The molecule has 1 aromatic carbocycles. The van der Waals surface area contributed by atoms with Crippen LogP contribution in [0.5, 0.6) is 0 Å². The van der Waals surface area contributed by atoms with Crippen LogP contribution in [-0.4, -0.2) is 10.2 Å². The van der Waals surface area contributed by atoms with Gasteiger partial charge in [0.1, 0.15) is 11.6 Å². The first-order chi connectivity index (χ1) is 7.08. The predicted molar refractivity (Wildman–Crippen MR) is 60.7 cm³/mol. The van der Waals surface area contributed by atoms with Gasteiger partial charge in [0, 0.05) is 4.47 Å². The molecule has 0 bridgehead atoms. The van der Waals surface area contributed by atoms with Crippen LogP contribution in [0, 0.1) is 11.6 Å². The third-order valence-corrected chi connectivity index (χ3v) is 3.45. The molecule has 15 heavy (non-hydrogen) atoms. The van der Waals surface area contributed by atoms with Gasteiger partial charge in [-0.05, 0) is 28.1 Å². The largest absolute Gasteiger partial charge is 0.206 e. The molecule has 0 unspecified atom stereocenters. The molecule has 0 fully saturated rings. The Morgan fingerprint density at radius 2 is 1.67 bits per heavy atom. The van der Waals surface area contributed by atoms with Crippen LogP contribution in [0.3, 0.4) is 0 Å². The van der Waals surface area contributed by atoms with Crippen LogP contribution in [0.25, 0.3) is 10.6 Å². The standard InChI is InChI=1S/C8H2Br2F2N2S/c9-3-1-4(11)6(5(12)2-3)7-13-14-8(10)15-7/h1-2H. The first-order valence-corrected chi connectivity index (χ1v) is 6.12. The minimum absolute atomic E-state index is 0.151. The molecular formula is C8H2Br2F2N2S. The van der Waals surface area contributed by atoms with Crippen molar-refractivity contribution in [3.05, 3.63) is 32.2 Å². The van der Waals surface area contributed by atoms with Gasteiger partial charge in [-0.15, -0.1) is 10.2 Å². The summed E-state index contributed by atoms with van der Waals surface area (Å²) in [6, 6.07) is 2.38. The van der Waals surface area contributed by atoms with Crippen molar-refractivity contribution < 1.29 is 8.78 Å². The smallest absolute Gasteiger partial charge is 0.183 e. The molecule has 1 heterocycles. The van der Waals surface area contributed by atoms with Crippen molar-refractivity contribution in [2.75, 3.05) is 0 Å². The molecule has 0 radical (unpaired) electrons. The van der Waals surface area contributed by atoms with Crippen molar-refractivity contribution in [1.82, 2.24) is 10.2 Å². The van der Waals surface area contributed by atoms with Crippen molar-refractivity contribution in [3.8, 4) is 10.6 Å². The average Bonchev–Trinajstić information content (AvgIpc) is 2.49. The Kier molecular flexibility index (Phi) is 3.13. The summed E-state index contributed by atoms with van der Waals surface area (Å²) in [5.41, 5.74) is -0.151. The minimum atomic E-state index is -0.662. The van der Waals surface area contributed by atoms with Crippen molar-refractivity contribution in [2.45, 2.75) is 0 Å². The second kappa shape index (κ2) is 4.23. The van der Waals surface area contributed by atoms with Gasteiger partial charge in [0.05, 0.1) is 5.56 Å². The first kappa shape index (κ1) is 11.1. The molecule has 0 aliphatic heterocycles. The molecule has 7 heteroatoms. The number of nitrogens with zero attached hydrogens (tertiary/aromatic N) is 2. The molecule has 0 saturated heterocycles. The Labute approximate surface area is 105 Å². The van der Waals surface area contributed by atoms with Crippen LogP contribution in [0.2, 0.25) is 0 Å². The Hall–Kier alpha value is -0.400. The zero-order valence-electron chi connectivity index (χ0n) is 6.97. The predicted octanol–water partition coefficient (Wildman–Crippen LogP) is 4.01. The number of hydrogen-bond donors (Lipinski definition) is 0. The zero-order valence-corrected chi connectivity index (χ0v) is 11.0. The lowest BCUT2D eigenvalue weighted by atomic mass is 10.2. The van der Waals surface area contributed by atoms with Crippen LogP contribution in [0.4, 0.5) is 8.78 Å². The van der Waals surface area contributed by atoms with Gasteiger partial charge in [-0.25, -0.2) is 8.78 Å². The topological polar surface area (TPSA) is 25.8 Å². The SMILES string of the molecule is Fc1cc(Br)cc(F)c1-c1nnc(Br)s1. The quantitative estimate of drug-likeness (QED) is 0.772. The molecule has 78 valence electrons. The Morgan fingerprint density at radius 3 is 2.13 bits per heavy atom. The lowest BCUT2D eigenvalue weighted by Crippen LogP contribution is -1.89. The molecule has 0 saturated carbocycles. The third-order valence-electron chi connectivity index (χ3n) is 1.62. The number of rotatable bonds is 1. The average molecular weight is 356 g/mol. The van der Waals surface area contributed by atoms with E-state index in [1.54, 1.807) is 0 Å². The third kappa shape index (κ3) is 2.24. The molecule has 2 nitrogen and oxygen atoms in total. The van der Waals surface area contributed by atoms with Crippen molar-refractivity contribution in [2.24, 2.45) is 0 Å². The van der Waals surface area contributed by atoms with E-state index in [9.17, 15) is 8.78 Å². The summed E-state index contributed by atoms with van der Waals surface area (Å²) in [7, 11) is 0. The lowest BCUT2D eigenvalue weighted by molar-refractivity contribution is 0.587. The van der Waals surface area contributed by atoms with Crippen molar-refractivity contribution in [1.29, 1.82) is 0 Å². The highest BCUT2D eigenvalue weighted by Gasteiger charge is 2.16. The van der Waals surface area contributed by atoms with E-state index in [1.807, 2.05) is 0 Å². The molecule has 2 aromatic rings.